The highest BCUT2D eigenvalue weighted by Crippen LogP contribution is 2.23. The van der Waals surface area contributed by atoms with Crippen molar-refractivity contribution in [2.75, 3.05) is 19.8 Å². The van der Waals surface area contributed by atoms with E-state index in [1.165, 1.54) is 0 Å². The number of hydrogen-bond donors (Lipinski definition) is 5. The van der Waals surface area contributed by atoms with E-state index in [0.29, 0.717) is 12.3 Å². The van der Waals surface area contributed by atoms with Crippen molar-refractivity contribution in [1.29, 1.82) is 0 Å². The van der Waals surface area contributed by atoms with Crippen molar-refractivity contribution in [2.45, 2.75) is 19.0 Å². The number of hydrogen-bond acceptors (Lipinski definition) is 6. The number of aliphatic hydroxyl groups is 3. The third-order valence-corrected chi connectivity index (χ3v) is 3.27. The lowest BCUT2D eigenvalue weighted by atomic mass is 10.0. The third-order valence-electron chi connectivity index (χ3n) is 3.27. The van der Waals surface area contributed by atoms with Crippen LogP contribution in [0.25, 0.3) is 11.5 Å². The van der Waals surface area contributed by atoms with Gasteiger partial charge in [0.25, 0.3) is 0 Å². The van der Waals surface area contributed by atoms with Crippen LogP contribution in [-0.4, -0.2) is 50.9 Å². The molecule has 0 bridgehead atoms. The van der Waals surface area contributed by atoms with Crippen LogP contribution < -0.4 is 5.32 Å². The second kappa shape index (κ2) is 6.19. The van der Waals surface area contributed by atoms with E-state index in [0.717, 1.165) is 17.0 Å². The predicted molar refractivity (Wildman–Crippen MR) is 71.9 cm³/mol. The summed E-state index contributed by atoms with van der Waals surface area (Å²) in [5.74, 6) is 1.46. The van der Waals surface area contributed by atoms with Crippen molar-refractivity contribution in [3.8, 4) is 11.5 Å². The van der Waals surface area contributed by atoms with Crippen molar-refractivity contribution < 1.29 is 19.7 Å². The standard InChI is InChI=1S/C13H19N3O4/c1-9-2-3-11(20-9)12-10(5-15-16-12)4-14-13(6-17,7-18)8-19/h2-3,5,14,17-19H,4,6-8H2,1H3,(H,15,16). The van der Waals surface area contributed by atoms with Crippen LogP contribution in [0.4, 0.5) is 0 Å². The molecule has 0 aliphatic carbocycles. The summed E-state index contributed by atoms with van der Waals surface area (Å²) in [6.07, 6.45) is 1.64. The van der Waals surface area contributed by atoms with E-state index in [-0.39, 0.29) is 19.8 Å². The maximum atomic E-state index is 9.27. The molecular weight excluding hydrogens is 262 g/mol. The first-order chi connectivity index (χ1) is 9.64. The summed E-state index contributed by atoms with van der Waals surface area (Å²) in [5.41, 5.74) is 0.431. The quantitative estimate of drug-likeness (QED) is 0.479. The highest BCUT2D eigenvalue weighted by molar-refractivity contribution is 5.56. The number of aromatic nitrogens is 2. The fraction of sp³-hybridized carbons (Fsp3) is 0.462. The molecule has 0 unspecified atom stereocenters. The Morgan fingerprint density at radius 3 is 2.50 bits per heavy atom. The summed E-state index contributed by atoms with van der Waals surface area (Å²) in [7, 11) is 0. The highest BCUT2D eigenvalue weighted by atomic mass is 16.3. The van der Waals surface area contributed by atoms with Crippen LogP contribution in [-0.2, 0) is 6.54 Å². The summed E-state index contributed by atoms with van der Waals surface area (Å²) in [6, 6.07) is 3.69. The topological polar surface area (TPSA) is 115 Å². The Morgan fingerprint density at radius 1 is 1.25 bits per heavy atom. The molecule has 2 rings (SSSR count). The minimum absolute atomic E-state index is 0.327. The van der Waals surface area contributed by atoms with Gasteiger partial charge in [0.1, 0.15) is 11.5 Å². The lowest BCUT2D eigenvalue weighted by Crippen LogP contribution is -2.54. The summed E-state index contributed by atoms with van der Waals surface area (Å²) >= 11 is 0. The number of nitrogens with one attached hydrogen (secondary N) is 2. The van der Waals surface area contributed by atoms with Crippen molar-refractivity contribution >= 4 is 0 Å². The van der Waals surface area contributed by atoms with Gasteiger partial charge in [-0.05, 0) is 19.1 Å². The van der Waals surface area contributed by atoms with Gasteiger partial charge in [0, 0.05) is 12.1 Å². The summed E-state index contributed by atoms with van der Waals surface area (Å²) < 4.78 is 5.53. The van der Waals surface area contributed by atoms with E-state index in [2.05, 4.69) is 15.5 Å². The average molecular weight is 281 g/mol. The molecule has 0 saturated heterocycles. The van der Waals surface area contributed by atoms with E-state index >= 15 is 0 Å². The fourth-order valence-corrected chi connectivity index (χ4v) is 1.83. The highest BCUT2D eigenvalue weighted by Gasteiger charge is 2.27. The molecule has 0 fully saturated rings. The Balaban J connectivity index is 2.13. The molecule has 7 heteroatoms. The number of aliphatic hydroxyl groups excluding tert-OH is 3. The smallest absolute Gasteiger partial charge is 0.152 e. The molecular formula is C13H19N3O4. The van der Waals surface area contributed by atoms with Gasteiger partial charge >= 0.3 is 0 Å². The maximum absolute atomic E-state index is 9.27. The molecule has 0 saturated carbocycles. The summed E-state index contributed by atoms with van der Waals surface area (Å²) in [4.78, 5) is 0. The number of furan rings is 1. The van der Waals surface area contributed by atoms with Gasteiger partial charge in [-0.1, -0.05) is 0 Å². The van der Waals surface area contributed by atoms with Crippen LogP contribution in [0.5, 0.6) is 0 Å². The van der Waals surface area contributed by atoms with E-state index in [4.69, 9.17) is 4.42 Å². The number of aromatic amines is 1. The minimum atomic E-state index is -1.12. The molecule has 0 atom stereocenters. The first kappa shape index (κ1) is 14.7. The Labute approximate surface area is 116 Å². The van der Waals surface area contributed by atoms with Gasteiger partial charge in [0.15, 0.2) is 5.76 Å². The molecule has 7 nitrogen and oxygen atoms in total. The van der Waals surface area contributed by atoms with Crippen LogP contribution in [0, 0.1) is 6.92 Å². The van der Waals surface area contributed by atoms with Crippen LogP contribution in [0.3, 0.4) is 0 Å². The molecule has 5 N–H and O–H groups in total. The van der Waals surface area contributed by atoms with Gasteiger partial charge in [-0.2, -0.15) is 5.10 Å². The Kier molecular flexibility index (Phi) is 4.56. The Morgan fingerprint density at radius 2 is 1.95 bits per heavy atom. The van der Waals surface area contributed by atoms with E-state index in [1.807, 2.05) is 19.1 Å². The lowest BCUT2D eigenvalue weighted by molar-refractivity contribution is 0.0414. The van der Waals surface area contributed by atoms with Crippen molar-refractivity contribution in [2.24, 2.45) is 0 Å². The zero-order chi connectivity index (χ0) is 14.6. The Hall–Kier alpha value is -1.67. The molecule has 2 aromatic heterocycles. The second-order valence-corrected chi connectivity index (χ2v) is 4.79. The SMILES string of the molecule is Cc1ccc(-c2[nH]ncc2CNC(CO)(CO)CO)o1. The van der Waals surface area contributed by atoms with Gasteiger partial charge in [0.05, 0.1) is 31.6 Å². The van der Waals surface area contributed by atoms with Crippen molar-refractivity contribution in [3.05, 3.63) is 29.7 Å². The minimum Gasteiger partial charge on any atom is -0.460 e. The molecule has 0 radical (unpaired) electrons. The van der Waals surface area contributed by atoms with E-state index < -0.39 is 5.54 Å². The summed E-state index contributed by atoms with van der Waals surface area (Å²) in [6.45, 7) is 1.08. The number of rotatable bonds is 7. The molecule has 0 aliphatic heterocycles. The monoisotopic (exact) mass is 281 g/mol. The lowest BCUT2D eigenvalue weighted by Gasteiger charge is -2.28. The van der Waals surface area contributed by atoms with Gasteiger partial charge < -0.3 is 25.1 Å². The molecule has 110 valence electrons. The zero-order valence-electron chi connectivity index (χ0n) is 11.3. The first-order valence-corrected chi connectivity index (χ1v) is 6.31. The molecule has 0 aliphatic rings. The zero-order valence-corrected chi connectivity index (χ0v) is 11.3. The Bertz CT molecular complexity index is 537. The largest absolute Gasteiger partial charge is 0.460 e. The van der Waals surface area contributed by atoms with Crippen LogP contribution in [0.15, 0.2) is 22.7 Å². The fourth-order valence-electron chi connectivity index (χ4n) is 1.83. The normalized spacial score (nSPS) is 12.0. The number of H-pyrrole nitrogens is 1. The van der Waals surface area contributed by atoms with Crippen molar-refractivity contribution in [3.63, 3.8) is 0 Å². The van der Waals surface area contributed by atoms with Gasteiger partial charge in [-0.3, -0.25) is 5.10 Å². The second-order valence-electron chi connectivity index (χ2n) is 4.79. The van der Waals surface area contributed by atoms with Gasteiger partial charge in [0.2, 0.25) is 0 Å². The molecule has 0 amide bonds. The molecule has 0 spiro atoms. The van der Waals surface area contributed by atoms with Crippen LogP contribution >= 0.6 is 0 Å². The number of nitrogens with zero attached hydrogens (tertiary/aromatic N) is 1. The van der Waals surface area contributed by atoms with Crippen LogP contribution in [0.1, 0.15) is 11.3 Å². The molecule has 0 aromatic carbocycles. The molecule has 2 aromatic rings. The average Bonchev–Trinajstić information content (AvgIpc) is 3.09. The number of aryl methyl sites for hydroxylation is 1. The van der Waals surface area contributed by atoms with Crippen molar-refractivity contribution in [1.82, 2.24) is 15.5 Å². The van der Waals surface area contributed by atoms with Gasteiger partial charge in [-0.25, -0.2) is 0 Å². The maximum Gasteiger partial charge on any atom is 0.152 e. The predicted octanol–water partition coefficient (Wildman–Crippen LogP) is -0.217. The summed E-state index contributed by atoms with van der Waals surface area (Å²) in [5, 5.41) is 37.6. The molecule has 2 heterocycles. The van der Waals surface area contributed by atoms with E-state index in [9.17, 15) is 15.3 Å². The first-order valence-electron chi connectivity index (χ1n) is 6.31. The van der Waals surface area contributed by atoms with Gasteiger partial charge in [-0.15, -0.1) is 0 Å². The third kappa shape index (κ3) is 2.91. The van der Waals surface area contributed by atoms with E-state index in [1.54, 1.807) is 6.20 Å². The van der Waals surface area contributed by atoms with Crippen LogP contribution in [0.2, 0.25) is 0 Å². The molecule has 20 heavy (non-hydrogen) atoms.